The molecule has 0 rings (SSSR count). The highest BCUT2D eigenvalue weighted by molar-refractivity contribution is 5.04. The van der Waals surface area contributed by atoms with Gasteiger partial charge < -0.3 is 0 Å². The van der Waals surface area contributed by atoms with E-state index in [0.717, 1.165) is 11.8 Å². The Morgan fingerprint density at radius 2 is 1.64 bits per heavy atom. The van der Waals surface area contributed by atoms with Crippen LogP contribution in [0.25, 0.3) is 0 Å². The van der Waals surface area contributed by atoms with Crippen molar-refractivity contribution in [2.45, 2.75) is 66.7 Å². The second kappa shape index (κ2) is 8.08. The molecule has 84 valence electrons. The highest BCUT2D eigenvalue weighted by atomic mass is 14.1. The first kappa shape index (κ1) is 13.7. The number of hydrogen-bond donors (Lipinski definition) is 0. The van der Waals surface area contributed by atoms with Crippen LogP contribution in [0.4, 0.5) is 0 Å². The van der Waals surface area contributed by atoms with Crippen molar-refractivity contribution >= 4 is 0 Å². The Labute approximate surface area is 90.8 Å². The highest BCUT2D eigenvalue weighted by Crippen LogP contribution is 2.20. The Kier molecular flexibility index (Phi) is 7.93. The molecule has 0 aromatic heterocycles. The van der Waals surface area contributed by atoms with Crippen molar-refractivity contribution in [1.29, 1.82) is 0 Å². The van der Waals surface area contributed by atoms with E-state index in [2.05, 4.69) is 40.7 Å². The summed E-state index contributed by atoms with van der Waals surface area (Å²) >= 11 is 0. The molecule has 0 nitrogen and oxygen atoms in total. The monoisotopic (exact) mass is 196 g/mol. The minimum atomic E-state index is 0.744. The predicted molar refractivity (Wildman–Crippen MR) is 66.5 cm³/mol. The second-order valence-corrected chi connectivity index (χ2v) is 4.78. The molecule has 0 aromatic carbocycles. The molecule has 0 amide bonds. The molecular weight excluding hydrogens is 168 g/mol. The van der Waals surface area contributed by atoms with E-state index in [-0.39, 0.29) is 0 Å². The lowest BCUT2D eigenvalue weighted by Crippen LogP contribution is -2.01. The summed E-state index contributed by atoms with van der Waals surface area (Å²) < 4.78 is 0. The Morgan fingerprint density at radius 3 is 2.07 bits per heavy atom. The van der Waals surface area contributed by atoms with Crippen LogP contribution in [0.5, 0.6) is 0 Å². The SMILES string of the molecule is CCCCC(=CC(C)C(C)C)CCC. The van der Waals surface area contributed by atoms with Crippen LogP contribution in [0, 0.1) is 11.8 Å². The molecule has 0 saturated heterocycles. The quantitative estimate of drug-likeness (QED) is 0.491. The topological polar surface area (TPSA) is 0 Å². The molecule has 0 aliphatic carbocycles. The van der Waals surface area contributed by atoms with Crippen molar-refractivity contribution < 1.29 is 0 Å². The van der Waals surface area contributed by atoms with Crippen molar-refractivity contribution in [3.05, 3.63) is 11.6 Å². The lowest BCUT2D eigenvalue weighted by molar-refractivity contribution is 0.498. The van der Waals surface area contributed by atoms with E-state index in [4.69, 9.17) is 0 Å². The van der Waals surface area contributed by atoms with Gasteiger partial charge in [-0.25, -0.2) is 0 Å². The number of allylic oxidation sites excluding steroid dienone is 2. The fourth-order valence-corrected chi connectivity index (χ4v) is 1.58. The van der Waals surface area contributed by atoms with Gasteiger partial charge in [0, 0.05) is 0 Å². The smallest absolute Gasteiger partial charge is 0.0236 e. The summed E-state index contributed by atoms with van der Waals surface area (Å²) in [7, 11) is 0. The van der Waals surface area contributed by atoms with E-state index in [1.165, 1.54) is 32.1 Å². The van der Waals surface area contributed by atoms with Crippen LogP contribution in [0.3, 0.4) is 0 Å². The van der Waals surface area contributed by atoms with E-state index in [0.29, 0.717) is 0 Å². The summed E-state index contributed by atoms with van der Waals surface area (Å²) in [6.07, 6.45) is 9.11. The maximum Gasteiger partial charge on any atom is -0.0236 e. The van der Waals surface area contributed by atoms with Gasteiger partial charge in [0.25, 0.3) is 0 Å². The standard InChI is InChI=1S/C14H28/c1-6-8-10-14(9-7-2)11-13(5)12(3)4/h11-13H,6-10H2,1-5H3. The van der Waals surface area contributed by atoms with Gasteiger partial charge in [-0.3, -0.25) is 0 Å². The molecule has 0 heterocycles. The number of rotatable bonds is 7. The zero-order valence-corrected chi connectivity index (χ0v) is 10.8. The van der Waals surface area contributed by atoms with Crippen LogP contribution in [0.1, 0.15) is 66.7 Å². The van der Waals surface area contributed by atoms with Crippen molar-refractivity contribution in [3.63, 3.8) is 0 Å². The lowest BCUT2D eigenvalue weighted by atomic mass is 9.92. The zero-order chi connectivity index (χ0) is 11.0. The summed E-state index contributed by atoms with van der Waals surface area (Å²) in [6.45, 7) is 11.5. The first-order chi connectivity index (χ1) is 6.61. The van der Waals surface area contributed by atoms with Crippen LogP contribution in [-0.4, -0.2) is 0 Å². The molecule has 0 bridgehead atoms. The van der Waals surface area contributed by atoms with E-state index >= 15 is 0 Å². The van der Waals surface area contributed by atoms with Gasteiger partial charge in [-0.05, 0) is 31.1 Å². The van der Waals surface area contributed by atoms with Gasteiger partial charge in [0.05, 0.1) is 0 Å². The molecule has 0 heteroatoms. The van der Waals surface area contributed by atoms with Gasteiger partial charge in [-0.1, -0.05) is 59.1 Å². The fourth-order valence-electron chi connectivity index (χ4n) is 1.58. The average molecular weight is 196 g/mol. The van der Waals surface area contributed by atoms with Crippen molar-refractivity contribution in [3.8, 4) is 0 Å². The van der Waals surface area contributed by atoms with Crippen LogP contribution in [0.15, 0.2) is 11.6 Å². The van der Waals surface area contributed by atoms with Crippen molar-refractivity contribution in [2.24, 2.45) is 11.8 Å². The third kappa shape index (κ3) is 6.23. The number of unbranched alkanes of at least 4 members (excludes halogenated alkanes) is 1. The van der Waals surface area contributed by atoms with Gasteiger partial charge >= 0.3 is 0 Å². The van der Waals surface area contributed by atoms with Gasteiger partial charge in [0.15, 0.2) is 0 Å². The Bertz CT molecular complexity index is 153. The highest BCUT2D eigenvalue weighted by Gasteiger charge is 2.05. The van der Waals surface area contributed by atoms with E-state index in [9.17, 15) is 0 Å². The summed E-state index contributed by atoms with van der Waals surface area (Å²) in [4.78, 5) is 0. The maximum absolute atomic E-state index is 2.52. The molecule has 1 unspecified atom stereocenters. The molecule has 0 N–H and O–H groups in total. The molecule has 0 aliphatic heterocycles. The van der Waals surface area contributed by atoms with Crippen LogP contribution >= 0.6 is 0 Å². The van der Waals surface area contributed by atoms with Gasteiger partial charge in [-0.2, -0.15) is 0 Å². The molecular formula is C14H28. The normalized spacial score (nSPS) is 14.9. The largest absolute Gasteiger partial charge is 0.0822 e. The fraction of sp³-hybridized carbons (Fsp3) is 0.857. The summed E-state index contributed by atoms with van der Waals surface area (Å²) in [6, 6.07) is 0. The molecule has 0 aromatic rings. The molecule has 0 spiro atoms. The Hall–Kier alpha value is -0.260. The molecule has 0 fully saturated rings. The zero-order valence-electron chi connectivity index (χ0n) is 10.8. The van der Waals surface area contributed by atoms with Crippen molar-refractivity contribution in [1.82, 2.24) is 0 Å². The second-order valence-electron chi connectivity index (χ2n) is 4.78. The van der Waals surface area contributed by atoms with Crippen LogP contribution < -0.4 is 0 Å². The maximum atomic E-state index is 2.52. The molecule has 0 radical (unpaired) electrons. The van der Waals surface area contributed by atoms with E-state index < -0.39 is 0 Å². The minimum absolute atomic E-state index is 0.744. The third-order valence-corrected chi connectivity index (χ3v) is 2.97. The van der Waals surface area contributed by atoms with E-state index in [1.54, 1.807) is 5.57 Å². The van der Waals surface area contributed by atoms with Gasteiger partial charge in [0.1, 0.15) is 0 Å². The molecule has 1 atom stereocenters. The van der Waals surface area contributed by atoms with Gasteiger partial charge in [-0.15, -0.1) is 0 Å². The third-order valence-electron chi connectivity index (χ3n) is 2.97. The molecule has 0 aliphatic rings. The van der Waals surface area contributed by atoms with Crippen LogP contribution in [-0.2, 0) is 0 Å². The van der Waals surface area contributed by atoms with Gasteiger partial charge in [0.2, 0.25) is 0 Å². The first-order valence-electron chi connectivity index (χ1n) is 6.31. The van der Waals surface area contributed by atoms with Crippen LogP contribution in [0.2, 0.25) is 0 Å². The minimum Gasteiger partial charge on any atom is -0.0822 e. The predicted octanol–water partition coefficient (Wildman–Crippen LogP) is 5.20. The summed E-state index contributed by atoms with van der Waals surface area (Å²) in [5, 5.41) is 0. The lowest BCUT2D eigenvalue weighted by Gasteiger charge is -2.14. The molecule has 0 saturated carbocycles. The Morgan fingerprint density at radius 1 is 1.00 bits per heavy atom. The first-order valence-corrected chi connectivity index (χ1v) is 6.31. The number of hydrogen-bond acceptors (Lipinski definition) is 0. The average Bonchev–Trinajstić information content (AvgIpc) is 2.14. The van der Waals surface area contributed by atoms with Crippen molar-refractivity contribution in [2.75, 3.05) is 0 Å². The summed E-state index contributed by atoms with van der Waals surface area (Å²) in [5.41, 5.74) is 1.69. The Balaban J connectivity index is 4.15. The summed E-state index contributed by atoms with van der Waals surface area (Å²) in [5.74, 6) is 1.52. The van der Waals surface area contributed by atoms with E-state index in [1.807, 2.05) is 0 Å². The molecule has 14 heavy (non-hydrogen) atoms.